The first-order valence-corrected chi connectivity index (χ1v) is 7.33. The standard InChI is InChI=1S/C13H21N3OS/c1-9-11(18-10(2)16-9)12(17)15-8-13(14)6-4-3-5-7-13/h3-8,14H2,1-2H3,(H,15,17). The molecule has 0 saturated heterocycles. The normalized spacial score (nSPS) is 18.6. The number of rotatable bonds is 3. The molecule has 0 unspecified atom stereocenters. The lowest BCUT2D eigenvalue weighted by molar-refractivity contribution is 0.0941. The number of carbonyl (C=O) groups excluding carboxylic acids is 1. The fourth-order valence-corrected chi connectivity index (χ4v) is 3.35. The van der Waals surface area contributed by atoms with Crippen molar-refractivity contribution in [2.75, 3.05) is 6.54 Å². The molecule has 1 aliphatic rings. The number of nitrogens with two attached hydrogens (primary N) is 1. The molecule has 0 atom stereocenters. The molecule has 1 fully saturated rings. The summed E-state index contributed by atoms with van der Waals surface area (Å²) in [6.07, 6.45) is 5.62. The van der Waals surface area contributed by atoms with Crippen LogP contribution in [0.25, 0.3) is 0 Å². The number of thiazole rings is 1. The predicted octanol–water partition coefficient (Wildman–Crippen LogP) is 2.15. The van der Waals surface area contributed by atoms with Gasteiger partial charge in [0, 0.05) is 12.1 Å². The van der Waals surface area contributed by atoms with Crippen molar-refractivity contribution in [1.29, 1.82) is 0 Å². The molecule has 1 aliphatic carbocycles. The molecule has 1 saturated carbocycles. The van der Waals surface area contributed by atoms with Gasteiger partial charge in [0.15, 0.2) is 0 Å². The lowest BCUT2D eigenvalue weighted by atomic mass is 9.82. The molecule has 4 nitrogen and oxygen atoms in total. The SMILES string of the molecule is Cc1nc(C)c(C(=O)NCC2(N)CCCCC2)s1. The minimum Gasteiger partial charge on any atom is -0.349 e. The van der Waals surface area contributed by atoms with Gasteiger partial charge in [-0.1, -0.05) is 19.3 Å². The van der Waals surface area contributed by atoms with E-state index in [2.05, 4.69) is 10.3 Å². The van der Waals surface area contributed by atoms with E-state index in [0.29, 0.717) is 11.4 Å². The minimum absolute atomic E-state index is 0.0338. The molecule has 0 bridgehead atoms. The fraction of sp³-hybridized carbons (Fsp3) is 0.692. The molecule has 1 aromatic heterocycles. The van der Waals surface area contributed by atoms with E-state index in [1.165, 1.54) is 30.6 Å². The van der Waals surface area contributed by atoms with Crippen LogP contribution in [0, 0.1) is 13.8 Å². The van der Waals surface area contributed by atoms with E-state index in [1.807, 2.05) is 13.8 Å². The number of nitrogens with one attached hydrogen (secondary N) is 1. The van der Waals surface area contributed by atoms with Crippen LogP contribution in [0.4, 0.5) is 0 Å². The lowest BCUT2D eigenvalue weighted by Crippen LogP contribution is -2.51. The largest absolute Gasteiger partial charge is 0.349 e. The molecule has 100 valence electrons. The Morgan fingerprint density at radius 3 is 2.61 bits per heavy atom. The van der Waals surface area contributed by atoms with Crippen LogP contribution in [-0.4, -0.2) is 23.0 Å². The number of hydrogen-bond donors (Lipinski definition) is 2. The third kappa shape index (κ3) is 3.09. The summed E-state index contributed by atoms with van der Waals surface area (Å²) in [5.74, 6) is -0.0338. The van der Waals surface area contributed by atoms with E-state index < -0.39 is 0 Å². The van der Waals surface area contributed by atoms with Gasteiger partial charge in [-0.25, -0.2) is 4.98 Å². The average molecular weight is 267 g/mol. The highest BCUT2D eigenvalue weighted by Crippen LogP contribution is 2.25. The molecular weight excluding hydrogens is 246 g/mol. The number of aromatic nitrogens is 1. The Kier molecular flexibility index (Phi) is 4.02. The van der Waals surface area contributed by atoms with Crippen LogP contribution in [0.15, 0.2) is 0 Å². The molecule has 2 rings (SSSR count). The molecule has 1 heterocycles. The van der Waals surface area contributed by atoms with Gasteiger partial charge in [0.05, 0.1) is 10.7 Å². The second kappa shape index (κ2) is 5.36. The van der Waals surface area contributed by atoms with Gasteiger partial charge >= 0.3 is 0 Å². The van der Waals surface area contributed by atoms with E-state index in [1.54, 1.807) is 0 Å². The van der Waals surface area contributed by atoms with Crippen molar-refractivity contribution in [3.05, 3.63) is 15.6 Å². The van der Waals surface area contributed by atoms with Gasteiger partial charge in [-0.05, 0) is 26.7 Å². The van der Waals surface area contributed by atoms with Crippen LogP contribution in [0.3, 0.4) is 0 Å². The van der Waals surface area contributed by atoms with Crippen molar-refractivity contribution in [1.82, 2.24) is 10.3 Å². The Labute approximate surface area is 112 Å². The van der Waals surface area contributed by atoms with Crippen molar-refractivity contribution in [3.63, 3.8) is 0 Å². The smallest absolute Gasteiger partial charge is 0.263 e. The fourth-order valence-electron chi connectivity index (χ4n) is 2.51. The molecule has 1 amide bonds. The van der Waals surface area contributed by atoms with Gasteiger partial charge in [-0.2, -0.15) is 0 Å². The number of hydrogen-bond acceptors (Lipinski definition) is 4. The maximum Gasteiger partial charge on any atom is 0.263 e. The van der Waals surface area contributed by atoms with E-state index in [-0.39, 0.29) is 11.4 Å². The van der Waals surface area contributed by atoms with Crippen molar-refractivity contribution in [3.8, 4) is 0 Å². The van der Waals surface area contributed by atoms with E-state index >= 15 is 0 Å². The second-order valence-electron chi connectivity index (χ2n) is 5.25. The van der Waals surface area contributed by atoms with Gasteiger partial charge in [0.25, 0.3) is 5.91 Å². The first-order chi connectivity index (χ1) is 8.50. The summed E-state index contributed by atoms with van der Waals surface area (Å²) in [5, 5.41) is 3.90. The number of amides is 1. The van der Waals surface area contributed by atoms with Crippen LogP contribution in [-0.2, 0) is 0 Å². The van der Waals surface area contributed by atoms with Crippen LogP contribution in [0.2, 0.25) is 0 Å². The zero-order chi connectivity index (χ0) is 13.2. The summed E-state index contributed by atoms with van der Waals surface area (Å²) in [4.78, 5) is 17.1. The Hall–Kier alpha value is -0.940. The average Bonchev–Trinajstić information content (AvgIpc) is 2.67. The van der Waals surface area contributed by atoms with Crippen LogP contribution >= 0.6 is 11.3 Å². The Balaban J connectivity index is 1.94. The summed E-state index contributed by atoms with van der Waals surface area (Å²) in [6.45, 7) is 4.36. The highest BCUT2D eigenvalue weighted by molar-refractivity contribution is 7.13. The van der Waals surface area contributed by atoms with Crippen molar-refractivity contribution < 1.29 is 4.79 Å². The molecule has 5 heteroatoms. The first kappa shape index (κ1) is 13.5. The lowest BCUT2D eigenvalue weighted by Gasteiger charge is -2.33. The quantitative estimate of drug-likeness (QED) is 0.881. The topological polar surface area (TPSA) is 68.0 Å². The number of aryl methyl sites for hydroxylation is 2. The van der Waals surface area contributed by atoms with Crippen LogP contribution in [0.1, 0.15) is 52.5 Å². The molecule has 0 radical (unpaired) electrons. The Bertz CT molecular complexity index is 435. The van der Waals surface area contributed by atoms with Crippen molar-refractivity contribution >= 4 is 17.2 Å². The highest BCUT2D eigenvalue weighted by atomic mass is 32.1. The predicted molar refractivity (Wildman–Crippen MR) is 73.9 cm³/mol. The van der Waals surface area contributed by atoms with Crippen molar-refractivity contribution in [2.45, 2.75) is 51.5 Å². The maximum absolute atomic E-state index is 12.1. The third-order valence-electron chi connectivity index (χ3n) is 3.56. The summed E-state index contributed by atoms with van der Waals surface area (Å²) in [7, 11) is 0. The van der Waals surface area contributed by atoms with E-state index in [0.717, 1.165) is 23.5 Å². The highest BCUT2D eigenvalue weighted by Gasteiger charge is 2.28. The molecule has 0 spiro atoms. The van der Waals surface area contributed by atoms with Gasteiger partial charge in [0.2, 0.25) is 0 Å². The molecule has 1 aromatic rings. The van der Waals surface area contributed by atoms with Crippen LogP contribution in [0.5, 0.6) is 0 Å². The zero-order valence-electron chi connectivity index (χ0n) is 11.1. The zero-order valence-corrected chi connectivity index (χ0v) is 11.9. The third-order valence-corrected chi connectivity index (χ3v) is 4.63. The Morgan fingerprint density at radius 2 is 2.06 bits per heavy atom. The van der Waals surface area contributed by atoms with Gasteiger partial charge < -0.3 is 11.1 Å². The molecule has 3 N–H and O–H groups in total. The minimum atomic E-state index is -0.207. The molecule has 0 aliphatic heterocycles. The summed E-state index contributed by atoms with van der Waals surface area (Å²) >= 11 is 1.44. The molecule has 0 aromatic carbocycles. The van der Waals surface area contributed by atoms with E-state index in [4.69, 9.17) is 5.73 Å². The van der Waals surface area contributed by atoms with Crippen LogP contribution < -0.4 is 11.1 Å². The number of carbonyl (C=O) groups is 1. The molecular formula is C13H21N3OS. The summed E-state index contributed by atoms with van der Waals surface area (Å²) in [5.41, 5.74) is 6.90. The Morgan fingerprint density at radius 1 is 1.39 bits per heavy atom. The first-order valence-electron chi connectivity index (χ1n) is 6.51. The molecule has 18 heavy (non-hydrogen) atoms. The second-order valence-corrected chi connectivity index (χ2v) is 6.46. The van der Waals surface area contributed by atoms with E-state index in [9.17, 15) is 4.79 Å². The monoisotopic (exact) mass is 267 g/mol. The van der Waals surface area contributed by atoms with Gasteiger partial charge in [-0.15, -0.1) is 11.3 Å². The van der Waals surface area contributed by atoms with Gasteiger partial charge in [0.1, 0.15) is 4.88 Å². The summed E-state index contributed by atoms with van der Waals surface area (Å²) in [6, 6.07) is 0. The van der Waals surface area contributed by atoms with Gasteiger partial charge in [-0.3, -0.25) is 4.79 Å². The number of nitrogens with zero attached hydrogens (tertiary/aromatic N) is 1. The summed E-state index contributed by atoms with van der Waals surface area (Å²) < 4.78 is 0. The van der Waals surface area contributed by atoms with Crippen molar-refractivity contribution in [2.24, 2.45) is 5.73 Å². The maximum atomic E-state index is 12.1.